The van der Waals surface area contributed by atoms with Gasteiger partial charge in [-0.15, -0.1) is 0 Å². The summed E-state index contributed by atoms with van der Waals surface area (Å²) in [5.41, 5.74) is 1.36. The van der Waals surface area contributed by atoms with E-state index in [1.807, 2.05) is 0 Å². The van der Waals surface area contributed by atoms with Gasteiger partial charge >= 0.3 is 0 Å². The van der Waals surface area contributed by atoms with E-state index in [0.717, 1.165) is 17.8 Å². The third-order valence-electron chi connectivity index (χ3n) is 3.46. The first kappa shape index (κ1) is 18.5. The Morgan fingerprint density at radius 1 is 0.962 bits per heavy atom. The summed E-state index contributed by atoms with van der Waals surface area (Å²) in [7, 11) is 0. The van der Waals surface area contributed by atoms with Crippen LogP contribution in [0.3, 0.4) is 0 Å². The number of hydrogen-bond acceptors (Lipinski definition) is 3. The third kappa shape index (κ3) is 4.10. The Kier molecular flexibility index (Phi) is 5.67. The smallest absolute Gasteiger partial charge is 0.140 e. The SMILES string of the molecule is N#Cc1cc(Sc2ccc(F)cc2F)ccc1Nc1c(Cl)cccc1Cl. The molecule has 0 aliphatic rings. The molecule has 2 nitrogen and oxygen atoms in total. The minimum absolute atomic E-state index is 0.269. The van der Waals surface area contributed by atoms with Gasteiger partial charge in [0.25, 0.3) is 0 Å². The zero-order chi connectivity index (χ0) is 18.7. The van der Waals surface area contributed by atoms with Gasteiger partial charge in [0.1, 0.15) is 17.7 Å². The second kappa shape index (κ2) is 7.96. The number of nitrogens with one attached hydrogen (secondary N) is 1. The number of rotatable bonds is 4. The minimum atomic E-state index is -0.654. The Morgan fingerprint density at radius 3 is 2.35 bits per heavy atom. The van der Waals surface area contributed by atoms with Crippen molar-refractivity contribution < 1.29 is 8.78 Å². The number of halogens is 4. The Morgan fingerprint density at radius 2 is 1.69 bits per heavy atom. The molecule has 0 unspecified atom stereocenters. The highest BCUT2D eigenvalue weighted by atomic mass is 35.5. The summed E-state index contributed by atoms with van der Waals surface area (Å²) >= 11 is 13.4. The van der Waals surface area contributed by atoms with Crippen LogP contribution in [0.15, 0.2) is 64.4 Å². The molecule has 0 heterocycles. The van der Waals surface area contributed by atoms with E-state index in [1.54, 1.807) is 36.4 Å². The van der Waals surface area contributed by atoms with Crippen LogP contribution in [0.1, 0.15) is 5.56 Å². The number of nitriles is 1. The molecule has 0 spiro atoms. The standard InChI is InChI=1S/C19H10Cl2F2N2S/c20-14-2-1-3-15(21)19(14)25-17-6-5-13(8-11(17)10-24)26-18-7-4-12(22)9-16(18)23/h1-9,25H. The normalized spacial score (nSPS) is 10.4. The van der Waals surface area contributed by atoms with Crippen LogP contribution in [0.25, 0.3) is 0 Å². The number of nitrogens with zero attached hydrogens (tertiary/aromatic N) is 1. The second-order valence-electron chi connectivity index (χ2n) is 5.22. The van der Waals surface area contributed by atoms with Gasteiger partial charge in [-0.1, -0.05) is 41.0 Å². The molecule has 0 aliphatic carbocycles. The highest BCUT2D eigenvalue weighted by Crippen LogP contribution is 2.36. The second-order valence-corrected chi connectivity index (χ2v) is 7.15. The van der Waals surface area contributed by atoms with Crippen molar-refractivity contribution >= 4 is 46.3 Å². The van der Waals surface area contributed by atoms with Gasteiger partial charge in [-0.2, -0.15) is 5.26 Å². The lowest BCUT2D eigenvalue weighted by Crippen LogP contribution is -1.96. The molecular weight excluding hydrogens is 397 g/mol. The molecule has 0 amide bonds. The van der Waals surface area contributed by atoms with Gasteiger partial charge in [0, 0.05) is 15.9 Å². The van der Waals surface area contributed by atoms with Crippen LogP contribution in [0, 0.1) is 23.0 Å². The zero-order valence-electron chi connectivity index (χ0n) is 13.1. The van der Waals surface area contributed by atoms with Gasteiger partial charge < -0.3 is 5.32 Å². The molecule has 0 aromatic heterocycles. The molecule has 1 N–H and O–H groups in total. The molecule has 0 atom stereocenters. The van der Waals surface area contributed by atoms with Crippen LogP contribution < -0.4 is 5.32 Å². The monoisotopic (exact) mass is 406 g/mol. The van der Waals surface area contributed by atoms with E-state index < -0.39 is 11.6 Å². The molecule has 26 heavy (non-hydrogen) atoms. The highest BCUT2D eigenvalue weighted by molar-refractivity contribution is 7.99. The van der Waals surface area contributed by atoms with Crippen molar-refractivity contribution in [2.75, 3.05) is 5.32 Å². The van der Waals surface area contributed by atoms with Crippen LogP contribution in [0.2, 0.25) is 10.0 Å². The van der Waals surface area contributed by atoms with Crippen molar-refractivity contribution in [2.24, 2.45) is 0 Å². The first-order valence-corrected chi connectivity index (χ1v) is 8.93. The molecule has 0 bridgehead atoms. The van der Waals surface area contributed by atoms with E-state index in [4.69, 9.17) is 23.2 Å². The average Bonchev–Trinajstić information content (AvgIpc) is 2.61. The molecule has 0 radical (unpaired) electrons. The van der Waals surface area contributed by atoms with E-state index in [0.29, 0.717) is 31.9 Å². The predicted octanol–water partition coefficient (Wildman–Crippen LogP) is 7.04. The van der Waals surface area contributed by atoms with Gasteiger partial charge in [-0.05, 0) is 42.5 Å². The van der Waals surface area contributed by atoms with Gasteiger partial charge in [0.2, 0.25) is 0 Å². The summed E-state index contributed by atoms with van der Waals surface area (Å²) in [6.07, 6.45) is 0. The van der Waals surface area contributed by atoms with E-state index in [-0.39, 0.29) is 4.90 Å². The fourth-order valence-corrected chi connectivity index (χ4v) is 3.58. The van der Waals surface area contributed by atoms with Crippen molar-refractivity contribution in [3.8, 4) is 6.07 Å². The van der Waals surface area contributed by atoms with Gasteiger partial charge in [-0.3, -0.25) is 0 Å². The lowest BCUT2D eigenvalue weighted by atomic mass is 10.2. The van der Waals surface area contributed by atoms with Gasteiger partial charge in [-0.25, -0.2) is 8.78 Å². The number of para-hydroxylation sites is 1. The van der Waals surface area contributed by atoms with Gasteiger partial charge in [0.05, 0.1) is 27.0 Å². The zero-order valence-corrected chi connectivity index (χ0v) is 15.4. The summed E-state index contributed by atoms with van der Waals surface area (Å²) < 4.78 is 26.8. The molecule has 0 saturated carbocycles. The topological polar surface area (TPSA) is 35.8 Å². The van der Waals surface area contributed by atoms with Crippen LogP contribution in [0.4, 0.5) is 20.2 Å². The Bertz CT molecular complexity index is 999. The lowest BCUT2D eigenvalue weighted by Gasteiger charge is -2.12. The molecule has 7 heteroatoms. The van der Waals surface area contributed by atoms with E-state index in [1.165, 1.54) is 12.1 Å². The van der Waals surface area contributed by atoms with Crippen LogP contribution in [-0.4, -0.2) is 0 Å². The maximum absolute atomic E-state index is 13.8. The fourth-order valence-electron chi connectivity index (χ4n) is 2.23. The summed E-state index contributed by atoms with van der Waals surface area (Å²) in [4.78, 5) is 0.910. The highest BCUT2D eigenvalue weighted by Gasteiger charge is 2.11. The van der Waals surface area contributed by atoms with E-state index in [9.17, 15) is 14.0 Å². The maximum atomic E-state index is 13.8. The third-order valence-corrected chi connectivity index (χ3v) is 5.13. The quantitative estimate of drug-likeness (QED) is 0.504. The molecule has 0 aliphatic heterocycles. The molecule has 3 aromatic carbocycles. The first-order valence-electron chi connectivity index (χ1n) is 7.36. The fraction of sp³-hybridized carbons (Fsp3) is 0. The van der Waals surface area contributed by atoms with Crippen LogP contribution >= 0.6 is 35.0 Å². The van der Waals surface area contributed by atoms with Crippen molar-refractivity contribution in [3.05, 3.63) is 81.8 Å². The Balaban J connectivity index is 1.90. The van der Waals surface area contributed by atoms with Crippen molar-refractivity contribution in [2.45, 2.75) is 9.79 Å². The largest absolute Gasteiger partial charge is 0.352 e. The maximum Gasteiger partial charge on any atom is 0.140 e. The summed E-state index contributed by atoms with van der Waals surface area (Å²) in [6.45, 7) is 0. The molecule has 3 rings (SSSR count). The molecule has 3 aromatic rings. The molecule has 130 valence electrons. The van der Waals surface area contributed by atoms with Crippen LogP contribution in [-0.2, 0) is 0 Å². The Labute approximate surface area is 163 Å². The first-order chi connectivity index (χ1) is 12.5. The summed E-state index contributed by atoms with van der Waals surface area (Å²) in [6, 6.07) is 15.6. The molecule has 0 fully saturated rings. The van der Waals surface area contributed by atoms with Gasteiger partial charge in [0.15, 0.2) is 0 Å². The van der Waals surface area contributed by atoms with Crippen molar-refractivity contribution in [3.63, 3.8) is 0 Å². The summed E-state index contributed by atoms with van der Waals surface area (Å²) in [5.74, 6) is -1.29. The average molecular weight is 407 g/mol. The summed E-state index contributed by atoms with van der Waals surface area (Å²) in [5, 5.41) is 13.3. The van der Waals surface area contributed by atoms with Crippen molar-refractivity contribution in [1.82, 2.24) is 0 Å². The van der Waals surface area contributed by atoms with Crippen LogP contribution in [0.5, 0.6) is 0 Å². The number of anilines is 2. The molecular formula is C19H10Cl2F2N2S. The van der Waals surface area contributed by atoms with E-state index in [2.05, 4.69) is 11.4 Å². The number of benzene rings is 3. The Hall–Kier alpha value is -2.26. The molecule has 0 saturated heterocycles. The van der Waals surface area contributed by atoms with E-state index >= 15 is 0 Å². The van der Waals surface area contributed by atoms with Crippen molar-refractivity contribution in [1.29, 1.82) is 5.26 Å². The predicted molar refractivity (Wildman–Crippen MR) is 101 cm³/mol. The lowest BCUT2D eigenvalue weighted by molar-refractivity contribution is 0.565. The minimum Gasteiger partial charge on any atom is -0.352 e. The number of hydrogen-bond donors (Lipinski definition) is 1.